The van der Waals surface area contributed by atoms with Gasteiger partial charge in [-0.25, -0.2) is 4.79 Å². The summed E-state index contributed by atoms with van der Waals surface area (Å²) in [5.74, 6) is 1.53. The average Bonchev–Trinajstić information content (AvgIpc) is 2.73. The van der Waals surface area contributed by atoms with Crippen molar-refractivity contribution < 1.29 is 28.5 Å². The Labute approximate surface area is 191 Å². The molecule has 1 aliphatic rings. The van der Waals surface area contributed by atoms with Crippen molar-refractivity contribution in [2.24, 2.45) is 5.92 Å². The maximum Gasteiger partial charge on any atom is 0.410 e. The molecule has 0 bridgehead atoms. The second-order valence-electron chi connectivity index (χ2n) is 9.16. The molecule has 8 heteroatoms. The highest BCUT2D eigenvalue weighted by Crippen LogP contribution is 2.30. The van der Waals surface area contributed by atoms with E-state index in [1.807, 2.05) is 45.9 Å². The van der Waals surface area contributed by atoms with Crippen molar-refractivity contribution in [3.63, 3.8) is 0 Å². The Morgan fingerprint density at radius 2 is 1.81 bits per heavy atom. The number of nitrogens with one attached hydrogen (secondary N) is 1. The van der Waals surface area contributed by atoms with E-state index >= 15 is 0 Å². The first kappa shape index (κ1) is 25.8. The number of likely N-dealkylation sites (tertiary alicyclic amines) is 1. The van der Waals surface area contributed by atoms with Gasteiger partial charge in [0.2, 0.25) is 5.91 Å². The number of nitrogens with zero attached hydrogens (tertiary/aromatic N) is 1. The first-order valence-electron chi connectivity index (χ1n) is 11.2. The van der Waals surface area contributed by atoms with Crippen LogP contribution in [0.25, 0.3) is 0 Å². The van der Waals surface area contributed by atoms with E-state index < -0.39 is 5.60 Å². The van der Waals surface area contributed by atoms with E-state index in [2.05, 4.69) is 5.32 Å². The number of hydrogen-bond donors (Lipinski definition) is 1. The lowest BCUT2D eigenvalue weighted by Crippen LogP contribution is -2.42. The van der Waals surface area contributed by atoms with E-state index in [0.29, 0.717) is 44.2 Å². The SMILES string of the molecule is COCCOc1ccc(C(C)NC(=O)CC2CCN(C(=O)OC(C)(C)C)CC2)cc1OC. The zero-order valence-electron chi connectivity index (χ0n) is 20.2. The minimum atomic E-state index is -0.499. The predicted octanol–water partition coefficient (Wildman–Crippen LogP) is 3.93. The Hall–Kier alpha value is -2.48. The molecule has 8 nitrogen and oxygen atoms in total. The molecule has 180 valence electrons. The highest BCUT2D eigenvalue weighted by atomic mass is 16.6. The van der Waals surface area contributed by atoms with Gasteiger partial charge in [-0.3, -0.25) is 4.79 Å². The third-order valence-electron chi connectivity index (χ3n) is 5.35. The topological polar surface area (TPSA) is 86.3 Å². The Kier molecular flexibility index (Phi) is 9.62. The molecule has 1 fully saturated rings. The van der Waals surface area contributed by atoms with Crippen molar-refractivity contribution in [2.75, 3.05) is 40.5 Å². The van der Waals surface area contributed by atoms with E-state index in [0.717, 1.165) is 18.4 Å². The van der Waals surface area contributed by atoms with Crippen LogP contribution in [0.5, 0.6) is 11.5 Å². The van der Waals surface area contributed by atoms with E-state index in [4.69, 9.17) is 18.9 Å². The molecule has 0 spiro atoms. The van der Waals surface area contributed by atoms with Gasteiger partial charge in [0, 0.05) is 26.6 Å². The van der Waals surface area contributed by atoms with Crippen LogP contribution in [-0.2, 0) is 14.3 Å². The van der Waals surface area contributed by atoms with Gasteiger partial charge in [-0.15, -0.1) is 0 Å². The van der Waals surface area contributed by atoms with E-state index in [1.165, 1.54) is 0 Å². The van der Waals surface area contributed by atoms with Crippen LogP contribution in [0.3, 0.4) is 0 Å². The molecule has 32 heavy (non-hydrogen) atoms. The Bertz CT molecular complexity index is 753. The number of carbonyl (C=O) groups is 2. The Morgan fingerprint density at radius 3 is 2.41 bits per heavy atom. The van der Waals surface area contributed by atoms with Gasteiger partial charge in [0.25, 0.3) is 0 Å². The van der Waals surface area contributed by atoms with Gasteiger partial charge in [0.15, 0.2) is 11.5 Å². The fourth-order valence-corrected chi connectivity index (χ4v) is 3.60. The molecule has 1 N–H and O–H groups in total. The molecule has 1 aromatic rings. The summed E-state index contributed by atoms with van der Waals surface area (Å²) in [4.78, 5) is 26.5. The normalized spacial score (nSPS) is 15.8. The lowest BCUT2D eigenvalue weighted by atomic mass is 9.93. The third-order valence-corrected chi connectivity index (χ3v) is 5.35. The minimum Gasteiger partial charge on any atom is -0.493 e. The monoisotopic (exact) mass is 450 g/mol. The summed E-state index contributed by atoms with van der Waals surface area (Å²) in [6, 6.07) is 5.49. The quantitative estimate of drug-likeness (QED) is 0.574. The molecule has 2 amide bonds. The van der Waals surface area contributed by atoms with Crippen LogP contribution in [-0.4, -0.2) is 63.0 Å². The number of benzene rings is 1. The molecule has 1 atom stereocenters. The molecule has 0 aromatic heterocycles. The van der Waals surface area contributed by atoms with Crippen LogP contribution in [0.4, 0.5) is 4.79 Å². The number of amides is 2. The van der Waals surface area contributed by atoms with Gasteiger partial charge in [0.1, 0.15) is 12.2 Å². The Balaban J connectivity index is 1.82. The molecular weight excluding hydrogens is 412 g/mol. The predicted molar refractivity (Wildman–Crippen MR) is 122 cm³/mol. The number of hydrogen-bond acceptors (Lipinski definition) is 6. The van der Waals surface area contributed by atoms with Gasteiger partial charge in [-0.05, 0) is 64.2 Å². The fourth-order valence-electron chi connectivity index (χ4n) is 3.60. The van der Waals surface area contributed by atoms with Gasteiger partial charge < -0.3 is 29.2 Å². The number of methoxy groups -OCH3 is 2. The van der Waals surface area contributed by atoms with Gasteiger partial charge in [-0.2, -0.15) is 0 Å². The second-order valence-corrected chi connectivity index (χ2v) is 9.16. The first-order valence-corrected chi connectivity index (χ1v) is 11.2. The van der Waals surface area contributed by atoms with Crippen LogP contribution >= 0.6 is 0 Å². The van der Waals surface area contributed by atoms with Crippen molar-refractivity contribution >= 4 is 12.0 Å². The third kappa shape index (κ3) is 8.22. The van der Waals surface area contributed by atoms with Crippen molar-refractivity contribution in [1.82, 2.24) is 10.2 Å². The molecule has 1 saturated heterocycles. The first-order chi connectivity index (χ1) is 15.1. The summed E-state index contributed by atoms with van der Waals surface area (Å²) in [6.07, 6.45) is 1.75. The molecule has 0 saturated carbocycles. The molecule has 0 aliphatic carbocycles. The van der Waals surface area contributed by atoms with Crippen LogP contribution in [0.1, 0.15) is 58.6 Å². The molecule has 1 heterocycles. The van der Waals surface area contributed by atoms with E-state index in [-0.39, 0.29) is 24.0 Å². The standard InChI is InChI=1S/C24H38N2O6/c1-17(19-7-8-20(21(16-19)30-6)31-14-13-29-5)25-22(27)15-18-9-11-26(12-10-18)23(28)32-24(2,3)4/h7-8,16-18H,9-15H2,1-6H3,(H,25,27). The maximum absolute atomic E-state index is 12.6. The minimum absolute atomic E-state index is 0.00704. The maximum atomic E-state index is 12.6. The van der Waals surface area contributed by atoms with Crippen molar-refractivity contribution in [3.8, 4) is 11.5 Å². The zero-order chi connectivity index (χ0) is 23.7. The van der Waals surface area contributed by atoms with Crippen molar-refractivity contribution in [3.05, 3.63) is 23.8 Å². The lowest BCUT2D eigenvalue weighted by Gasteiger charge is -2.33. The zero-order valence-corrected chi connectivity index (χ0v) is 20.2. The van der Waals surface area contributed by atoms with Crippen LogP contribution in [0, 0.1) is 5.92 Å². The molecule has 1 aromatic carbocycles. The van der Waals surface area contributed by atoms with E-state index in [9.17, 15) is 9.59 Å². The molecule has 0 radical (unpaired) electrons. The van der Waals surface area contributed by atoms with Crippen LogP contribution in [0.2, 0.25) is 0 Å². The van der Waals surface area contributed by atoms with Gasteiger partial charge >= 0.3 is 6.09 Å². The average molecular weight is 451 g/mol. The van der Waals surface area contributed by atoms with Crippen molar-refractivity contribution in [2.45, 2.75) is 58.6 Å². The van der Waals surface area contributed by atoms with Gasteiger partial charge in [0.05, 0.1) is 19.8 Å². The summed E-state index contributed by atoms with van der Waals surface area (Å²) in [5, 5.41) is 3.07. The Morgan fingerprint density at radius 1 is 1.12 bits per heavy atom. The summed E-state index contributed by atoms with van der Waals surface area (Å²) in [6.45, 7) is 9.69. The summed E-state index contributed by atoms with van der Waals surface area (Å²) >= 11 is 0. The number of rotatable bonds is 9. The molecule has 2 rings (SSSR count). The summed E-state index contributed by atoms with van der Waals surface area (Å²) in [5.41, 5.74) is 0.440. The summed E-state index contributed by atoms with van der Waals surface area (Å²) < 4.78 is 21.5. The second kappa shape index (κ2) is 11.9. The van der Waals surface area contributed by atoms with Crippen LogP contribution < -0.4 is 14.8 Å². The van der Waals surface area contributed by atoms with Crippen molar-refractivity contribution in [1.29, 1.82) is 0 Å². The molecule has 1 aliphatic heterocycles. The largest absolute Gasteiger partial charge is 0.493 e. The number of ether oxygens (including phenoxy) is 4. The molecule has 1 unspecified atom stereocenters. The van der Waals surface area contributed by atoms with E-state index in [1.54, 1.807) is 19.1 Å². The van der Waals surface area contributed by atoms with Gasteiger partial charge in [-0.1, -0.05) is 6.07 Å². The highest BCUT2D eigenvalue weighted by Gasteiger charge is 2.28. The fraction of sp³-hybridized carbons (Fsp3) is 0.667. The molecular formula is C24H38N2O6. The summed E-state index contributed by atoms with van der Waals surface area (Å²) in [7, 11) is 3.22. The number of carbonyl (C=O) groups excluding carboxylic acids is 2. The van der Waals surface area contributed by atoms with Crippen LogP contribution in [0.15, 0.2) is 18.2 Å². The highest BCUT2D eigenvalue weighted by molar-refractivity contribution is 5.76. The number of piperidine rings is 1. The smallest absolute Gasteiger partial charge is 0.410 e. The lowest BCUT2D eigenvalue weighted by molar-refractivity contribution is -0.123.